The fourth-order valence-corrected chi connectivity index (χ4v) is 2.38. The van der Waals surface area contributed by atoms with Crippen molar-refractivity contribution in [3.63, 3.8) is 0 Å². The Hall–Kier alpha value is -1.66. The number of rotatable bonds is 5. The molecular formula is C15H21FN2O3. The molecule has 0 spiro atoms. The number of hydrogen-bond acceptors (Lipinski definition) is 3. The molecule has 1 fully saturated rings. The van der Waals surface area contributed by atoms with Crippen LogP contribution in [0, 0.1) is 5.82 Å². The Balaban J connectivity index is 2.08. The summed E-state index contributed by atoms with van der Waals surface area (Å²) in [7, 11) is 0. The molecular weight excluding hydrogens is 275 g/mol. The van der Waals surface area contributed by atoms with E-state index >= 15 is 0 Å². The van der Waals surface area contributed by atoms with E-state index < -0.39 is 0 Å². The largest absolute Gasteiger partial charge is 0.394 e. The Kier molecular flexibility index (Phi) is 5.52. The van der Waals surface area contributed by atoms with Gasteiger partial charge in [0.2, 0.25) is 0 Å². The van der Waals surface area contributed by atoms with Gasteiger partial charge in [-0.25, -0.2) is 9.18 Å². The zero-order valence-electron chi connectivity index (χ0n) is 12.0. The zero-order valence-corrected chi connectivity index (χ0v) is 12.0. The SMILES string of the molecule is CC(CO)NC(=O)NC(c1ccc(F)cc1)C1CCCO1. The highest BCUT2D eigenvalue weighted by atomic mass is 19.1. The van der Waals surface area contributed by atoms with E-state index in [1.807, 2.05) is 0 Å². The van der Waals surface area contributed by atoms with E-state index in [0.29, 0.717) is 6.61 Å². The molecule has 1 aromatic rings. The topological polar surface area (TPSA) is 70.6 Å². The van der Waals surface area contributed by atoms with Crippen molar-refractivity contribution >= 4 is 6.03 Å². The lowest BCUT2D eigenvalue weighted by Gasteiger charge is -2.25. The molecule has 0 radical (unpaired) electrons. The average molecular weight is 296 g/mol. The van der Waals surface area contributed by atoms with Gasteiger partial charge < -0.3 is 20.5 Å². The number of carbonyl (C=O) groups is 1. The van der Waals surface area contributed by atoms with Gasteiger partial charge in [-0.15, -0.1) is 0 Å². The second-order valence-electron chi connectivity index (χ2n) is 5.28. The second kappa shape index (κ2) is 7.38. The first-order valence-electron chi connectivity index (χ1n) is 7.15. The van der Waals surface area contributed by atoms with Gasteiger partial charge in [0.1, 0.15) is 5.82 Å². The first-order chi connectivity index (χ1) is 10.1. The molecule has 116 valence electrons. The van der Waals surface area contributed by atoms with E-state index in [9.17, 15) is 9.18 Å². The summed E-state index contributed by atoms with van der Waals surface area (Å²) in [6.45, 7) is 2.24. The summed E-state index contributed by atoms with van der Waals surface area (Å²) in [6.07, 6.45) is 1.67. The monoisotopic (exact) mass is 296 g/mol. The van der Waals surface area contributed by atoms with Gasteiger partial charge in [0.15, 0.2) is 0 Å². The maximum Gasteiger partial charge on any atom is 0.315 e. The molecule has 1 aliphatic rings. The Labute approximate surface area is 123 Å². The number of carbonyl (C=O) groups excluding carboxylic acids is 1. The van der Waals surface area contributed by atoms with Crippen molar-refractivity contribution in [2.75, 3.05) is 13.2 Å². The van der Waals surface area contributed by atoms with Gasteiger partial charge in [-0.3, -0.25) is 0 Å². The lowest BCUT2D eigenvalue weighted by atomic mass is 9.99. The van der Waals surface area contributed by atoms with Gasteiger partial charge >= 0.3 is 6.03 Å². The zero-order chi connectivity index (χ0) is 15.2. The lowest BCUT2D eigenvalue weighted by Crippen LogP contribution is -2.46. The molecule has 0 aliphatic carbocycles. The van der Waals surface area contributed by atoms with Crippen molar-refractivity contribution in [2.24, 2.45) is 0 Å². The molecule has 0 saturated carbocycles. The Bertz CT molecular complexity index is 460. The number of hydrogen-bond donors (Lipinski definition) is 3. The van der Waals surface area contributed by atoms with Crippen LogP contribution >= 0.6 is 0 Å². The standard InChI is InChI=1S/C15H21FN2O3/c1-10(9-19)17-15(20)18-14(13-3-2-8-21-13)11-4-6-12(16)7-5-11/h4-7,10,13-14,19H,2-3,8-9H2,1H3,(H2,17,18,20). The van der Waals surface area contributed by atoms with Gasteiger partial charge in [-0.2, -0.15) is 0 Å². The number of aliphatic hydroxyl groups is 1. The summed E-state index contributed by atoms with van der Waals surface area (Å²) in [5.41, 5.74) is 0.801. The Morgan fingerprint density at radius 2 is 2.14 bits per heavy atom. The summed E-state index contributed by atoms with van der Waals surface area (Å²) in [5, 5.41) is 14.5. The van der Waals surface area contributed by atoms with E-state index in [1.54, 1.807) is 19.1 Å². The highest BCUT2D eigenvalue weighted by Gasteiger charge is 2.29. The first-order valence-corrected chi connectivity index (χ1v) is 7.15. The molecule has 1 heterocycles. The highest BCUT2D eigenvalue weighted by molar-refractivity contribution is 5.74. The van der Waals surface area contributed by atoms with Crippen LogP contribution in [0.3, 0.4) is 0 Å². The number of urea groups is 1. The number of amides is 2. The number of benzene rings is 1. The summed E-state index contributed by atoms with van der Waals surface area (Å²) >= 11 is 0. The molecule has 1 aromatic carbocycles. The van der Waals surface area contributed by atoms with Crippen LogP contribution in [0.4, 0.5) is 9.18 Å². The summed E-state index contributed by atoms with van der Waals surface area (Å²) in [4.78, 5) is 12.0. The van der Waals surface area contributed by atoms with Crippen molar-refractivity contribution in [2.45, 2.75) is 38.0 Å². The van der Waals surface area contributed by atoms with E-state index in [0.717, 1.165) is 18.4 Å². The third-order valence-electron chi connectivity index (χ3n) is 3.50. The number of aliphatic hydroxyl groups excluding tert-OH is 1. The molecule has 3 unspecified atom stereocenters. The van der Waals surface area contributed by atoms with Crippen LogP contribution in [0.1, 0.15) is 31.4 Å². The lowest BCUT2D eigenvalue weighted by molar-refractivity contribution is 0.0804. The molecule has 3 N–H and O–H groups in total. The van der Waals surface area contributed by atoms with Crippen LogP contribution in [-0.4, -0.2) is 36.5 Å². The Morgan fingerprint density at radius 1 is 1.43 bits per heavy atom. The van der Waals surface area contributed by atoms with Crippen LogP contribution in [0.5, 0.6) is 0 Å². The smallest absolute Gasteiger partial charge is 0.315 e. The molecule has 5 nitrogen and oxygen atoms in total. The number of nitrogens with one attached hydrogen (secondary N) is 2. The Morgan fingerprint density at radius 3 is 2.71 bits per heavy atom. The third-order valence-corrected chi connectivity index (χ3v) is 3.50. The van der Waals surface area contributed by atoms with E-state index in [2.05, 4.69) is 10.6 Å². The van der Waals surface area contributed by atoms with Gasteiger partial charge in [-0.05, 0) is 37.5 Å². The van der Waals surface area contributed by atoms with Crippen molar-refractivity contribution in [1.29, 1.82) is 0 Å². The number of ether oxygens (including phenoxy) is 1. The van der Waals surface area contributed by atoms with E-state index in [1.165, 1.54) is 12.1 Å². The maximum atomic E-state index is 13.0. The normalized spacial score (nSPS) is 20.8. The van der Waals surface area contributed by atoms with Gasteiger partial charge in [0.05, 0.1) is 24.8 Å². The highest BCUT2D eigenvalue weighted by Crippen LogP contribution is 2.27. The van der Waals surface area contributed by atoms with Gasteiger partial charge in [0.25, 0.3) is 0 Å². The van der Waals surface area contributed by atoms with Crippen LogP contribution in [0.25, 0.3) is 0 Å². The van der Waals surface area contributed by atoms with Crippen LogP contribution in [-0.2, 0) is 4.74 Å². The first kappa shape index (κ1) is 15.7. The molecule has 6 heteroatoms. The number of halogens is 1. The van der Waals surface area contributed by atoms with Crippen molar-refractivity contribution < 1.29 is 19.0 Å². The molecule has 2 rings (SSSR count). The molecule has 0 bridgehead atoms. The molecule has 0 aromatic heterocycles. The minimum Gasteiger partial charge on any atom is -0.394 e. The molecule has 2 amide bonds. The predicted octanol–water partition coefficient (Wildman–Crippen LogP) is 1.73. The third kappa shape index (κ3) is 4.41. The summed E-state index contributed by atoms with van der Waals surface area (Å²) in [5.74, 6) is -0.316. The molecule has 21 heavy (non-hydrogen) atoms. The molecule has 3 atom stereocenters. The van der Waals surface area contributed by atoms with Crippen molar-refractivity contribution in [1.82, 2.24) is 10.6 Å². The van der Waals surface area contributed by atoms with Crippen LogP contribution in [0.15, 0.2) is 24.3 Å². The molecule has 1 aliphatic heterocycles. The predicted molar refractivity (Wildman–Crippen MR) is 76.3 cm³/mol. The summed E-state index contributed by atoms with van der Waals surface area (Å²) < 4.78 is 18.7. The van der Waals surface area contributed by atoms with Crippen molar-refractivity contribution in [3.8, 4) is 0 Å². The second-order valence-corrected chi connectivity index (χ2v) is 5.28. The maximum absolute atomic E-state index is 13.0. The summed E-state index contributed by atoms with van der Waals surface area (Å²) in [6, 6.07) is 5.00. The van der Waals surface area contributed by atoms with Crippen molar-refractivity contribution in [3.05, 3.63) is 35.6 Å². The fourth-order valence-electron chi connectivity index (χ4n) is 2.38. The van der Waals surface area contributed by atoms with Gasteiger partial charge in [0, 0.05) is 6.61 Å². The fraction of sp³-hybridized carbons (Fsp3) is 0.533. The molecule has 1 saturated heterocycles. The average Bonchev–Trinajstić information content (AvgIpc) is 2.99. The quantitative estimate of drug-likeness (QED) is 0.775. The minimum atomic E-state index is -0.374. The van der Waals surface area contributed by atoms with Crippen LogP contribution in [0.2, 0.25) is 0 Å². The van der Waals surface area contributed by atoms with E-state index in [-0.39, 0.29) is 36.6 Å². The van der Waals surface area contributed by atoms with Crippen LogP contribution < -0.4 is 10.6 Å². The van der Waals surface area contributed by atoms with E-state index in [4.69, 9.17) is 9.84 Å². The minimum absolute atomic E-state index is 0.120. The van der Waals surface area contributed by atoms with Gasteiger partial charge in [-0.1, -0.05) is 12.1 Å².